The maximum Gasteiger partial charge on any atom is 0.294 e. The third kappa shape index (κ3) is 3.83. The molecule has 0 atom stereocenters. The molecule has 2 heterocycles. The van der Waals surface area contributed by atoms with Gasteiger partial charge < -0.3 is 5.32 Å². The van der Waals surface area contributed by atoms with Crippen LogP contribution in [0.25, 0.3) is 6.08 Å². The van der Waals surface area contributed by atoms with E-state index < -0.39 is 17.1 Å². The lowest BCUT2D eigenvalue weighted by Gasteiger charge is -2.14. The molecule has 0 spiro atoms. The lowest BCUT2D eigenvalue weighted by atomic mass is 10.1. The SMILES string of the molecule is Cc1cccc(NC(=O)CN2C(=O)S/C(=C/c3cccs3)C2=O)c1C. The summed E-state index contributed by atoms with van der Waals surface area (Å²) < 4.78 is 0. The van der Waals surface area contributed by atoms with Gasteiger partial charge in [0.1, 0.15) is 6.54 Å². The number of benzene rings is 1. The smallest absolute Gasteiger partial charge is 0.294 e. The van der Waals surface area contributed by atoms with E-state index in [0.717, 1.165) is 32.7 Å². The molecule has 128 valence electrons. The molecule has 3 amide bonds. The lowest BCUT2D eigenvalue weighted by Crippen LogP contribution is -2.36. The Balaban J connectivity index is 1.70. The maximum absolute atomic E-state index is 12.4. The first kappa shape index (κ1) is 17.4. The molecule has 1 aromatic carbocycles. The number of nitrogens with zero attached hydrogens (tertiary/aromatic N) is 1. The van der Waals surface area contributed by atoms with E-state index in [-0.39, 0.29) is 6.54 Å². The molecule has 0 radical (unpaired) electrons. The number of carbonyl (C=O) groups is 3. The van der Waals surface area contributed by atoms with Crippen LogP contribution in [0.15, 0.2) is 40.6 Å². The van der Waals surface area contributed by atoms with Crippen molar-refractivity contribution in [3.05, 3.63) is 56.6 Å². The molecule has 1 aromatic heterocycles. The Labute approximate surface area is 153 Å². The maximum atomic E-state index is 12.4. The van der Waals surface area contributed by atoms with Gasteiger partial charge in [-0.1, -0.05) is 18.2 Å². The first-order valence-electron chi connectivity index (χ1n) is 7.60. The van der Waals surface area contributed by atoms with Crippen molar-refractivity contribution in [2.45, 2.75) is 13.8 Å². The van der Waals surface area contributed by atoms with Crippen LogP contribution in [0.4, 0.5) is 10.5 Å². The summed E-state index contributed by atoms with van der Waals surface area (Å²) in [6.07, 6.45) is 1.68. The number of hydrogen-bond donors (Lipinski definition) is 1. The lowest BCUT2D eigenvalue weighted by molar-refractivity contribution is -0.127. The average Bonchev–Trinajstić information content (AvgIpc) is 3.16. The van der Waals surface area contributed by atoms with Gasteiger partial charge in [-0.05, 0) is 60.3 Å². The quantitative estimate of drug-likeness (QED) is 0.823. The molecule has 1 N–H and O–H groups in total. The minimum Gasteiger partial charge on any atom is -0.324 e. The Morgan fingerprint density at radius 2 is 2.00 bits per heavy atom. The number of aryl methyl sites for hydroxylation is 1. The zero-order valence-corrected chi connectivity index (χ0v) is 15.4. The number of rotatable bonds is 4. The summed E-state index contributed by atoms with van der Waals surface area (Å²) in [5.41, 5.74) is 2.71. The van der Waals surface area contributed by atoms with Gasteiger partial charge in [0.25, 0.3) is 11.1 Å². The topological polar surface area (TPSA) is 66.5 Å². The van der Waals surface area contributed by atoms with Crippen LogP contribution in [0.3, 0.4) is 0 Å². The molecule has 0 unspecified atom stereocenters. The molecule has 1 aliphatic rings. The second-order valence-corrected chi connectivity index (χ2v) is 7.55. The Kier molecular flexibility index (Phi) is 5.06. The predicted octanol–water partition coefficient (Wildman–Crippen LogP) is 4.04. The highest BCUT2D eigenvalue weighted by molar-refractivity contribution is 8.18. The number of imide groups is 1. The van der Waals surface area contributed by atoms with Gasteiger partial charge in [0.2, 0.25) is 5.91 Å². The summed E-state index contributed by atoms with van der Waals surface area (Å²) in [4.78, 5) is 38.9. The zero-order valence-electron chi connectivity index (χ0n) is 13.7. The number of thiophene rings is 1. The number of thioether (sulfide) groups is 1. The number of amides is 3. The van der Waals surface area contributed by atoms with Gasteiger partial charge in [0, 0.05) is 10.6 Å². The van der Waals surface area contributed by atoms with Gasteiger partial charge in [-0.3, -0.25) is 19.3 Å². The van der Waals surface area contributed by atoms with Crippen molar-refractivity contribution in [2.75, 3.05) is 11.9 Å². The standard InChI is InChI=1S/C18H16N2O3S2/c1-11-5-3-7-14(12(11)2)19-16(21)10-20-17(22)15(25-18(20)23)9-13-6-4-8-24-13/h3-9H,10H2,1-2H3,(H,19,21)/b15-9+. The van der Waals surface area contributed by atoms with Gasteiger partial charge in [0.15, 0.2) is 0 Å². The van der Waals surface area contributed by atoms with Gasteiger partial charge >= 0.3 is 0 Å². The molecule has 7 heteroatoms. The monoisotopic (exact) mass is 372 g/mol. The van der Waals surface area contributed by atoms with E-state index in [0.29, 0.717) is 10.6 Å². The van der Waals surface area contributed by atoms with E-state index in [1.54, 1.807) is 12.1 Å². The number of carbonyl (C=O) groups excluding carboxylic acids is 3. The second kappa shape index (κ2) is 7.25. The normalized spacial score (nSPS) is 15.9. The van der Waals surface area contributed by atoms with Crippen LogP contribution in [-0.4, -0.2) is 28.5 Å². The van der Waals surface area contributed by atoms with Crippen molar-refractivity contribution >= 4 is 51.9 Å². The van der Waals surface area contributed by atoms with Crippen molar-refractivity contribution in [3.63, 3.8) is 0 Å². The molecule has 0 saturated carbocycles. The van der Waals surface area contributed by atoms with Crippen molar-refractivity contribution < 1.29 is 14.4 Å². The fourth-order valence-electron chi connectivity index (χ4n) is 2.36. The zero-order chi connectivity index (χ0) is 18.0. The van der Waals surface area contributed by atoms with Crippen LogP contribution in [0.2, 0.25) is 0 Å². The average molecular weight is 372 g/mol. The van der Waals surface area contributed by atoms with Crippen LogP contribution < -0.4 is 5.32 Å². The van der Waals surface area contributed by atoms with E-state index in [1.165, 1.54) is 11.3 Å². The highest BCUT2D eigenvalue weighted by Crippen LogP contribution is 2.32. The molecular formula is C18H16N2O3S2. The van der Waals surface area contributed by atoms with Gasteiger partial charge in [-0.25, -0.2) is 0 Å². The first-order chi connectivity index (χ1) is 12.0. The van der Waals surface area contributed by atoms with Crippen molar-refractivity contribution in [1.29, 1.82) is 0 Å². The third-order valence-corrected chi connectivity index (χ3v) is 5.60. The summed E-state index contributed by atoms with van der Waals surface area (Å²) in [6, 6.07) is 9.34. The molecule has 1 saturated heterocycles. The van der Waals surface area contributed by atoms with Crippen molar-refractivity contribution in [1.82, 2.24) is 4.90 Å². The predicted molar refractivity (Wildman–Crippen MR) is 102 cm³/mol. The molecule has 1 fully saturated rings. The van der Waals surface area contributed by atoms with Crippen LogP contribution in [0.5, 0.6) is 0 Å². The summed E-state index contributed by atoms with van der Waals surface area (Å²) >= 11 is 2.34. The van der Waals surface area contributed by atoms with Crippen molar-refractivity contribution in [3.8, 4) is 0 Å². The van der Waals surface area contributed by atoms with Gasteiger partial charge in [-0.15, -0.1) is 11.3 Å². The Morgan fingerprint density at radius 3 is 2.72 bits per heavy atom. The number of hydrogen-bond acceptors (Lipinski definition) is 5. The van der Waals surface area contributed by atoms with E-state index in [4.69, 9.17) is 0 Å². The minimum atomic E-state index is -0.431. The number of anilines is 1. The first-order valence-corrected chi connectivity index (χ1v) is 9.30. The van der Waals surface area contributed by atoms with E-state index in [1.807, 2.05) is 43.5 Å². The Bertz CT molecular complexity index is 872. The molecule has 0 aliphatic carbocycles. The highest BCUT2D eigenvalue weighted by Gasteiger charge is 2.36. The van der Waals surface area contributed by atoms with Gasteiger partial charge in [0.05, 0.1) is 4.91 Å². The molecule has 2 aromatic rings. The molecule has 1 aliphatic heterocycles. The van der Waals surface area contributed by atoms with E-state index in [2.05, 4.69) is 5.32 Å². The summed E-state index contributed by atoms with van der Waals surface area (Å²) in [7, 11) is 0. The highest BCUT2D eigenvalue weighted by atomic mass is 32.2. The largest absolute Gasteiger partial charge is 0.324 e. The van der Waals surface area contributed by atoms with E-state index >= 15 is 0 Å². The third-order valence-electron chi connectivity index (χ3n) is 3.87. The summed E-state index contributed by atoms with van der Waals surface area (Å²) in [5.74, 6) is -0.826. The van der Waals surface area contributed by atoms with Gasteiger partial charge in [-0.2, -0.15) is 0 Å². The molecule has 25 heavy (non-hydrogen) atoms. The Hall–Kier alpha value is -2.38. The van der Waals surface area contributed by atoms with Crippen LogP contribution in [-0.2, 0) is 9.59 Å². The second-order valence-electron chi connectivity index (χ2n) is 5.58. The molecule has 5 nitrogen and oxygen atoms in total. The minimum absolute atomic E-state index is 0.292. The fourth-order valence-corrected chi connectivity index (χ4v) is 3.92. The molecule has 3 rings (SSSR count). The number of nitrogens with one attached hydrogen (secondary N) is 1. The van der Waals surface area contributed by atoms with Crippen molar-refractivity contribution in [2.24, 2.45) is 0 Å². The summed E-state index contributed by atoms with van der Waals surface area (Å²) in [6.45, 7) is 3.57. The summed E-state index contributed by atoms with van der Waals surface area (Å²) in [5, 5.41) is 4.24. The fraction of sp³-hybridized carbons (Fsp3) is 0.167. The Morgan fingerprint density at radius 1 is 1.20 bits per heavy atom. The van der Waals surface area contributed by atoms with Crippen LogP contribution in [0.1, 0.15) is 16.0 Å². The molecular weight excluding hydrogens is 356 g/mol. The molecule has 0 bridgehead atoms. The van der Waals surface area contributed by atoms with Crippen LogP contribution >= 0.6 is 23.1 Å². The van der Waals surface area contributed by atoms with Crippen LogP contribution in [0, 0.1) is 13.8 Å². The van der Waals surface area contributed by atoms with E-state index in [9.17, 15) is 14.4 Å².